The van der Waals surface area contributed by atoms with Gasteiger partial charge >= 0.3 is 5.97 Å². The molecule has 1 atom stereocenters. The number of carbonyl (C=O) groups excluding carboxylic acids is 1. The zero-order valence-electron chi connectivity index (χ0n) is 20.3. The van der Waals surface area contributed by atoms with Crippen LogP contribution in [0.3, 0.4) is 0 Å². The number of nitrogens with two attached hydrogens (primary N) is 2. The Hall–Kier alpha value is -3.21. The predicted molar refractivity (Wildman–Crippen MR) is 145 cm³/mol. The zero-order valence-corrected chi connectivity index (χ0v) is 22.7. The number of carboxylic acids is 1. The third-order valence-corrected chi connectivity index (χ3v) is 7.90. The maximum absolute atomic E-state index is 13.3. The van der Waals surface area contributed by atoms with Gasteiger partial charge in [0.25, 0.3) is 15.9 Å². The van der Waals surface area contributed by atoms with Crippen molar-refractivity contribution in [3.8, 4) is 0 Å². The van der Waals surface area contributed by atoms with Crippen molar-refractivity contribution in [2.45, 2.75) is 36.6 Å². The van der Waals surface area contributed by atoms with Crippen LogP contribution in [0.1, 0.15) is 28.2 Å². The number of carbonyl (C=O) groups is 2. The molecule has 13 nitrogen and oxygen atoms in total. The van der Waals surface area contributed by atoms with Crippen LogP contribution in [0.25, 0.3) is 0 Å². The van der Waals surface area contributed by atoms with E-state index in [1.807, 2.05) is 0 Å². The molecule has 9 N–H and O–H groups in total. The number of aliphatic carboxylic acids is 1. The fraction of sp³-hybridized carbons (Fsp3) is 0.318. The Kier molecular flexibility index (Phi) is 10.1. The number of aromatic nitrogens is 2. The monoisotopic (exact) mass is 584 g/mol. The standard InChI is InChI=1S/C22H29ClN8O5S2/c1-31-12-13(23)17(29-31)11-27-14-5-2-3-7-18(14)38(35,36)30-15-8-10-37-19(15)20(32)28-16(21(33)34)6-4-9-26-22(24)25/h2-3,5,7-8,10,12,16,22,26-27,30H,4,6,9,11,24-25H2,1H3,(H,28,32)(H,33,34)/t16-/m0/s1. The number of halogens is 1. The lowest BCUT2D eigenvalue weighted by Crippen LogP contribution is -2.46. The number of carboxylic acid groups (broad SMARTS) is 1. The molecule has 0 saturated heterocycles. The highest BCUT2D eigenvalue weighted by molar-refractivity contribution is 7.93. The summed E-state index contributed by atoms with van der Waals surface area (Å²) in [7, 11) is -2.42. The molecule has 0 aliphatic carbocycles. The molecule has 38 heavy (non-hydrogen) atoms. The van der Waals surface area contributed by atoms with Crippen LogP contribution < -0.4 is 32.1 Å². The molecular weight excluding hydrogens is 556 g/mol. The molecule has 0 unspecified atom stereocenters. The zero-order chi connectivity index (χ0) is 27.9. The third kappa shape index (κ3) is 7.89. The number of nitrogens with one attached hydrogen (secondary N) is 4. The van der Waals surface area contributed by atoms with E-state index in [1.54, 1.807) is 36.1 Å². The van der Waals surface area contributed by atoms with Gasteiger partial charge in [-0.3, -0.25) is 19.5 Å². The van der Waals surface area contributed by atoms with Gasteiger partial charge in [-0.2, -0.15) is 5.10 Å². The molecule has 2 aromatic heterocycles. The van der Waals surface area contributed by atoms with E-state index in [1.165, 1.54) is 17.5 Å². The molecule has 0 radical (unpaired) electrons. The lowest BCUT2D eigenvalue weighted by Gasteiger charge is -2.16. The van der Waals surface area contributed by atoms with Crippen molar-refractivity contribution in [2.24, 2.45) is 18.5 Å². The highest BCUT2D eigenvalue weighted by atomic mass is 35.5. The lowest BCUT2D eigenvalue weighted by molar-refractivity contribution is -0.139. The van der Waals surface area contributed by atoms with Gasteiger partial charge in [0.2, 0.25) is 0 Å². The van der Waals surface area contributed by atoms with Crippen molar-refractivity contribution in [3.63, 3.8) is 0 Å². The molecule has 0 aliphatic rings. The maximum Gasteiger partial charge on any atom is 0.326 e. The molecular formula is C22H29ClN8O5S2. The topological polar surface area (TPSA) is 206 Å². The Labute approximate surface area is 228 Å². The minimum absolute atomic E-state index is 0.0210. The largest absolute Gasteiger partial charge is 0.480 e. The molecule has 1 aromatic carbocycles. The molecule has 2 heterocycles. The number of para-hydroxylation sites is 1. The van der Waals surface area contributed by atoms with Crippen molar-refractivity contribution in [1.82, 2.24) is 20.4 Å². The molecule has 3 rings (SSSR count). The van der Waals surface area contributed by atoms with Crippen molar-refractivity contribution in [1.29, 1.82) is 0 Å². The van der Waals surface area contributed by atoms with E-state index in [0.717, 1.165) is 11.3 Å². The number of thiophene rings is 1. The molecule has 0 saturated carbocycles. The number of amides is 1. The summed E-state index contributed by atoms with van der Waals surface area (Å²) in [6.07, 6.45) is 1.40. The van der Waals surface area contributed by atoms with Crippen LogP contribution in [-0.2, 0) is 28.4 Å². The van der Waals surface area contributed by atoms with Crippen molar-refractivity contribution in [3.05, 3.63) is 57.5 Å². The van der Waals surface area contributed by atoms with Gasteiger partial charge in [0.1, 0.15) is 27.8 Å². The van der Waals surface area contributed by atoms with Crippen LogP contribution in [0.15, 0.2) is 46.8 Å². The average molecular weight is 585 g/mol. The smallest absolute Gasteiger partial charge is 0.326 e. The number of aryl methyl sites for hydroxylation is 1. The molecule has 0 spiro atoms. The lowest BCUT2D eigenvalue weighted by atomic mass is 10.1. The highest BCUT2D eigenvalue weighted by Gasteiger charge is 2.26. The number of sulfonamides is 1. The van der Waals surface area contributed by atoms with E-state index in [-0.39, 0.29) is 28.4 Å². The van der Waals surface area contributed by atoms with E-state index >= 15 is 0 Å². The van der Waals surface area contributed by atoms with Crippen LogP contribution in [0, 0.1) is 0 Å². The van der Waals surface area contributed by atoms with Crippen LogP contribution in [0.2, 0.25) is 5.02 Å². The van der Waals surface area contributed by atoms with E-state index < -0.39 is 34.2 Å². The van der Waals surface area contributed by atoms with Gasteiger partial charge in [-0.1, -0.05) is 23.7 Å². The first-order chi connectivity index (χ1) is 18.0. The molecule has 0 fully saturated rings. The highest BCUT2D eigenvalue weighted by Crippen LogP contribution is 2.29. The fourth-order valence-electron chi connectivity index (χ4n) is 3.47. The first-order valence-corrected chi connectivity index (χ1v) is 14.1. The number of benzene rings is 1. The predicted octanol–water partition coefficient (Wildman–Crippen LogP) is 1.30. The molecule has 0 bridgehead atoms. The molecule has 0 aliphatic heterocycles. The first kappa shape index (κ1) is 29.3. The summed E-state index contributed by atoms with van der Waals surface area (Å²) in [5, 5.41) is 23.9. The van der Waals surface area contributed by atoms with Gasteiger partial charge in [-0.15, -0.1) is 11.3 Å². The summed E-state index contributed by atoms with van der Waals surface area (Å²) in [5.41, 5.74) is 11.7. The Morgan fingerprint density at radius 3 is 2.61 bits per heavy atom. The molecule has 16 heteroatoms. The van der Waals surface area contributed by atoms with Crippen molar-refractivity contribution in [2.75, 3.05) is 16.6 Å². The van der Waals surface area contributed by atoms with Gasteiger partial charge in [0.05, 0.1) is 22.9 Å². The van der Waals surface area contributed by atoms with E-state index in [9.17, 15) is 23.1 Å². The SMILES string of the molecule is Cn1cc(Cl)c(CNc2ccccc2S(=O)(=O)Nc2ccsc2C(=O)N[C@@H](CCCNC(N)N)C(=O)O)n1. The first-order valence-electron chi connectivity index (χ1n) is 11.4. The molecule has 1 amide bonds. The minimum Gasteiger partial charge on any atom is -0.480 e. The Bertz CT molecular complexity index is 1380. The molecule has 3 aromatic rings. The van der Waals surface area contributed by atoms with Gasteiger partial charge in [0.15, 0.2) is 0 Å². The van der Waals surface area contributed by atoms with E-state index in [2.05, 4.69) is 25.8 Å². The maximum atomic E-state index is 13.3. The Balaban J connectivity index is 1.72. The van der Waals surface area contributed by atoms with Gasteiger partial charge < -0.3 is 27.2 Å². The van der Waals surface area contributed by atoms with Crippen molar-refractivity contribution < 1.29 is 23.1 Å². The average Bonchev–Trinajstić information content (AvgIpc) is 3.43. The third-order valence-electron chi connectivity index (χ3n) is 5.25. The normalized spacial score (nSPS) is 12.3. The van der Waals surface area contributed by atoms with E-state index in [0.29, 0.717) is 29.4 Å². The quantitative estimate of drug-likeness (QED) is 0.107. The molecule has 206 valence electrons. The summed E-state index contributed by atoms with van der Waals surface area (Å²) in [6.45, 7) is 0.545. The Morgan fingerprint density at radius 2 is 1.95 bits per heavy atom. The second kappa shape index (κ2) is 13.0. The summed E-state index contributed by atoms with van der Waals surface area (Å²) < 4.78 is 30.6. The van der Waals surface area contributed by atoms with Crippen LogP contribution in [0.5, 0.6) is 0 Å². The second-order valence-electron chi connectivity index (χ2n) is 8.20. The number of hydrogen-bond acceptors (Lipinski definition) is 10. The van der Waals surface area contributed by atoms with Gasteiger partial charge in [-0.25, -0.2) is 13.2 Å². The number of anilines is 2. The van der Waals surface area contributed by atoms with Crippen LogP contribution in [-0.4, -0.2) is 54.1 Å². The van der Waals surface area contributed by atoms with E-state index in [4.69, 9.17) is 23.1 Å². The minimum atomic E-state index is -4.14. The Morgan fingerprint density at radius 1 is 1.21 bits per heavy atom. The second-order valence-corrected chi connectivity index (χ2v) is 11.2. The summed E-state index contributed by atoms with van der Waals surface area (Å²) >= 11 is 7.12. The summed E-state index contributed by atoms with van der Waals surface area (Å²) in [5.74, 6) is -1.94. The number of nitrogens with zero attached hydrogens (tertiary/aromatic N) is 2. The number of hydrogen-bond donors (Lipinski definition) is 7. The van der Waals surface area contributed by atoms with Gasteiger partial charge in [-0.05, 0) is 43.0 Å². The van der Waals surface area contributed by atoms with Crippen molar-refractivity contribution >= 4 is 56.2 Å². The van der Waals surface area contributed by atoms with Gasteiger partial charge in [0, 0.05) is 13.2 Å². The summed E-state index contributed by atoms with van der Waals surface area (Å²) in [6, 6.07) is 6.50. The summed E-state index contributed by atoms with van der Waals surface area (Å²) in [4.78, 5) is 24.5. The number of rotatable bonds is 14. The van der Waals surface area contributed by atoms with Crippen LogP contribution in [0.4, 0.5) is 11.4 Å². The van der Waals surface area contributed by atoms with Crippen LogP contribution >= 0.6 is 22.9 Å². The fourth-order valence-corrected chi connectivity index (χ4v) is 5.79.